The standard InChI is InChI=1S/C10H13ClN4O/c11-8-4-5-13-10(14-8)15-9(16)6-2-1-3-7(6)12/h4-7H,1-3,12H2,(H,13,14,15,16). The van der Waals surface area contributed by atoms with E-state index in [1.54, 1.807) is 6.07 Å². The van der Waals surface area contributed by atoms with Crippen LogP contribution in [0.3, 0.4) is 0 Å². The number of hydrogen-bond donors (Lipinski definition) is 2. The second-order valence-electron chi connectivity index (χ2n) is 3.89. The third-order valence-corrected chi connectivity index (χ3v) is 2.97. The zero-order valence-electron chi connectivity index (χ0n) is 8.69. The van der Waals surface area contributed by atoms with Gasteiger partial charge in [-0.25, -0.2) is 9.97 Å². The molecule has 1 fully saturated rings. The SMILES string of the molecule is NC1CCCC1C(=O)Nc1nccc(Cl)n1. The largest absolute Gasteiger partial charge is 0.327 e. The second kappa shape index (κ2) is 4.76. The number of nitrogens with two attached hydrogens (primary N) is 1. The van der Waals surface area contributed by atoms with E-state index in [9.17, 15) is 4.79 Å². The predicted molar refractivity (Wildman–Crippen MR) is 61.0 cm³/mol. The molecule has 1 aliphatic carbocycles. The van der Waals surface area contributed by atoms with E-state index in [1.165, 1.54) is 6.20 Å². The fourth-order valence-electron chi connectivity index (χ4n) is 1.91. The molecule has 0 aromatic carbocycles. The van der Waals surface area contributed by atoms with Crippen molar-refractivity contribution in [2.24, 2.45) is 11.7 Å². The van der Waals surface area contributed by atoms with Gasteiger partial charge >= 0.3 is 0 Å². The monoisotopic (exact) mass is 240 g/mol. The summed E-state index contributed by atoms with van der Waals surface area (Å²) in [6.45, 7) is 0. The summed E-state index contributed by atoms with van der Waals surface area (Å²) in [6, 6.07) is 1.50. The van der Waals surface area contributed by atoms with Crippen molar-refractivity contribution in [2.45, 2.75) is 25.3 Å². The Morgan fingerprint density at radius 1 is 1.56 bits per heavy atom. The van der Waals surface area contributed by atoms with Crippen LogP contribution in [0.5, 0.6) is 0 Å². The first kappa shape index (κ1) is 11.3. The quantitative estimate of drug-likeness (QED) is 0.761. The van der Waals surface area contributed by atoms with E-state index in [4.69, 9.17) is 17.3 Å². The van der Waals surface area contributed by atoms with Crippen LogP contribution in [-0.4, -0.2) is 21.9 Å². The number of hydrogen-bond acceptors (Lipinski definition) is 4. The summed E-state index contributed by atoms with van der Waals surface area (Å²) in [5.74, 6) is -0.0218. The van der Waals surface area contributed by atoms with E-state index in [1.807, 2.05) is 0 Å². The van der Waals surface area contributed by atoms with E-state index < -0.39 is 0 Å². The molecule has 1 aromatic rings. The number of halogens is 1. The lowest BCUT2D eigenvalue weighted by atomic mass is 10.0. The number of anilines is 1. The topological polar surface area (TPSA) is 80.9 Å². The van der Waals surface area contributed by atoms with E-state index in [0.29, 0.717) is 5.15 Å². The van der Waals surface area contributed by atoms with Gasteiger partial charge < -0.3 is 5.73 Å². The number of nitrogens with zero attached hydrogens (tertiary/aromatic N) is 2. The summed E-state index contributed by atoms with van der Waals surface area (Å²) >= 11 is 5.69. The van der Waals surface area contributed by atoms with Gasteiger partial charge in [0.15, 0.2) is 0 Å². The molecule has 5 nitrogen and oxygen atoms in total. The number of nitrogens with one attached hydrogen (secondary N) is 1. The van der Waals surface area contributed by atoms with Crippen LogP contribution in [0.4, 0.5) is 5.95 Å². The van der Waals surface area contributed by atoms with Gasteiger partial charge in [-0.05, 0) is 18.9 Å². The number of aromatic nitrogens is 2. The first-order valence-electron chi connectivity index (χ1n) is 5.22. The molecule has 1 heterocycles. The average molecular weight is 241 g/mol. The molecule has 0 spiro atoms. The lowest BCUT2D eigenvalue weighted by molar-refractivity contribution is -0.120. The fourth-order valence-corrected chi connectivity index (χ4v) is 2.05. The number of carbonyl (C=O) groups is 1. The van der Waals surface area contributed by atoms with Gasteiger partial charge in [0.05, 0.1) is 5.92 Å². The van der Waals surface area contributed by atoms with Gasteiger partial charge in [-0.15, -0.1) is 0 Å². The lowest BCUT2D eigenvalue weighted by Gasteiger charge is -2.13. The second-order valence-corrected chi connectivity index (χ2v) is 4.28. The highest BCUT2D eigenvalue weighted by Gasteiger charge is 2.30. The summed E-state index contributed by atoms with van der Waals surface area (Å²) < 4.78 is 0. The Kier molecular flexibility index (Phi) is 3.36. The van der Waals surface area contributed by atoms with Crippen LogP contribution in [0.1, 0.15) is 19.3 Å². The van der Waals surface area contributed by atoms with Crippen LogP contribution in [-0.2, 0) is 4.79 Å². The van der Waals surface area contributed by atoms with Crippen molar-refractivity contribution in [3.63, 3.8) is 0 Å². The Morgan fingerprint density at radius 2 is 2.38 bits per heavy atom. The van der Waals surface area contributed by atoms with Crippen molar-refractivity contribution in [1.82, 2.24) is 9.97 Å². The highest BCUT2D eigenvalue weighted by atomic mass is 35.5. The predicted octanol–water partition coefficient (Wildman–Crippen LogP) is 1.20. The van der Waals surface area contributed by atoms with Gasteiger partial charge in [0.1, 0.15) is 5.15 Å². The van der Waals surface area contributed by atoms with Gasteiger partial charge in [0, 0.05) is 12.2 Å². The lowest BCUT2D eigenvalue weighted by Crippen LogP contribution is -2.34. The minimum Gasteiger partial charge on any atom is -0.327 e. The van der Waals surface area contributed by atoms with E-state index in [-0.39, 0.29) is 23.8 Å². The smallest absolute Gasteiger partial charge is 0.231 e. The molecular formula is C10H13ClN4O. The molecule has 6 heteroatoms. The summed E-state index contributed by atoms with van der Waals surface area (Å²) in [5.41, 5.74) is 5.84. The Morgan fingerprint density at radius 3 is 3.00 bits per heavy atom. The zero-order chi connectivity index (χ0) is 11.5. The summed E-state index contributed by atoms with van der Waals surface area (Å²) in [7, 11) is 0. The number of amides is 1. The minimum atomic E-state index is -0.136. The molecule has 0 saturated heterocycles. The van der Waals surface area contributed by atoms with Gasteiger partial charge in [0.2, 0.25) is 11.9 Å². The maximum absolute atomic E-state index is 11.8. The van der Waals surface area contributed by atoms with Crippen molar-refractivity contribution in [1.29, 1.82) is 0 Å². The molecule has 1 aromatic heterocycles. The van der Waals surface area contributed by atoms with Gasteiger partial charge in [-0.2, -0.15) is 0 Å². The third-order valence-electron chi connectivity index (χ3n) is 2.76. The summed E-state index contributed by atoms with van der Waals surface area (Å²) in [6.07, 6.45) is 4.22. The maximum Gasteiger partial charge on any atom is 0.231 e. The highest BCUT2D eigenvalue weighted by Crippen LogP contribution is 2.24. The molecule has 2 unspecified atom stereocenters. The Balaban J connectivity index is 2.02. The molecule has 1 saturated carbocycles. The molecule has 2 atom stereocenters. The molecule has 0 aliphatic heterocycles. The summed E-state index contributed by atoms with van der Waals surface area (Å²) in [4.78, 5) is 19.6. The highest BCUT2D eigenvalue weighted by molar-refractivity contribution is 6.29. The normalized spacial score (nSPS) is 24.4. The molecule has 3 N–H and O–H groups in total. The van der Waals surface area contributed by atoms with Crippen molar-refractivity contribution in [2.75, 3.05) is 5.32 Å². The summed E-state index contributed by atoms with van der Waals surface area (Å²) in [5, 5.41) is 2.94. The first-order chi connectivity index (χ1) is 7.66. The zero-order valence-corrected chi connectivity index (χ0v) is 9.44. The van der Waals surface area contributed by atoms with Crippen molar-refractivity contribution in [3.8, 4) is 0 Å². The third kappa shape index (κ3) is 2.48. The van der Waals surface area contributed by atoms with Crippen LogP contribution in [0.25, 0.3) is 0 Å². The van der Waals surface area contributed by atoms with Crippen molar-refractivity contribution in [3.05, 3.63) is 17.4 Å². The van der Waals surface area contributed by atoms with Crippen LogP contribution in [0.2, 0.25) is 5.15 Å². The van der Waals surface area contributed by atoms with Gasteiger partial charge in [-0.1, -0.05) is 18.0 Å². The number of carbonyl (C=O) groups excluding carboxylic acids is 1. The molecular weight excluding hydrogens is 228 g/mol. The molecule has 16 heavy (non-hydrogen) atoms. The molecule has 2 rings (SSSR count). The Labute approximate surface area is 98.4 Å². The van der Waals surface area contributed by atoms with Gasteiger partial charge in [-0.3, -0.25) is 10.1 Å². The van der Waals surface area contributed by atoms with Crippen LogP contribution in [0.15, 0.2) is 12.3 Å². The van der Waals surface area contributed by atoms with Crippen LogP contribution < -0.4 is 11.1 Å². The molecule has 1 aliphatic rings. The molecule has 0 radical (unpaired) electrons. The van der Waals surface area contributed by atoms with Crippen LogP contribution >= 0.6 is 11.6 Å². The number of rotatable bonds is 2. The maximum atomic E-state index is 11.8. The average Bonchev–Trinajstić information content (AvgIpc) is 2.64. The van der Waals surface area contributed by atoms with Gasteiger partial charge in [0.25, 0.3) is 0 Å². The van der Waals surface area contributed by atoms with E-state index in [0.717, 1.165) is 19.3 Å². The molecule has 86 valence electrons. The molecule has 1 amide bonds. The Bertz CT molecular complexity index is 398. The molecule has 0 bridgehead atoms. The van der Waals surface area contributed by atoms with Crippen LogP contribution in [0, 0.1) is 5.92 Å². The first-order valence-corrected chi connectivity index (χ1v) is 5.59. The Hall–Kier alpha value is -1.20. The van der Waals surface area contributed by atoms with E-state index in [2.05, 4.69) is 15.3 Å². The minimum absolute atomic E-state index is 0.0563. The fraction of sp³-hybridized carbons (Fsp3) is 0.500. The van der Waals surface area contributed by atoms with E-state index >= 15 is 0 Å². The van der Waals surface area contributed by atoms with Crippen molar-refractivity contribution < 1.29 is 4.79 Å². The van der Waals surface area contributed by atoms with Crippen molar-refractivity contribution >= 4 is 23.5 Å².